The fraction of sp³-hybridized carbons (Fsp3) is 0.308. The molecule has 2 rings (SSSR count). The molecule has 0 saturated heterocycles. The molecule has 0 spiro atoms. The molecule has 0 aliphatic rings. The topological polar surface area (TPSA) is 50.1 Å². The van der Waals surface area contributed by atoms with E-state index < -0.39 is 11.7 Å². The standard InChI is InChI=1S/C13H14F3N3O/c14-13(15,16)11-3-1-2-4-12(11)17-7-10-8-18-19(9-10)5-6-20/h1-4,8-9,17,20H,5-7H2. The molecule has 0 radical (unpaired) electrons. The molecule has 20 heavy (non-hydrogen) atoms. The van der Waals surface area contributed by atoms with Crippen LogP contribution in [-0.4, -0.2) is 21.5 Å². The van der Waals surface area contributed by atoms with E-state index in [-0.39, 0.29) is 18.8 Å². The van der Waals surface area contributed by atoms with E-state index in [1.54, 1.807) is 18.5 Å². The van der Waals surface area contributed by atoms with Gasteiger partial charge in [0.25, 0.3) is 0 Å². The molecule has 2 N–H and O–H groups in total. The summed E-state index contributed by atoms with van der Waals surface area (Å²) in [5.74, 6) is 0. The molecule has 0 bridgehead atoms. The van der Waals surface area contributed by atoms with Crippen LogP contribution in [0.25, 0.3) is 0 Å². The molecule has 0 fully saturated rings. The lowest BCUT2D eigenvalue weighted by Crippen LogP contribution is -2.10. The Bertz CT molecular complexity index is 566. The molecule has 1 aromatic carbocycles. The lowest BCUT2D eigenvalue weighted by molar-refractivity contribution is -0.136. The van der Waals surface area contributed by atoms with E-state index in [0.29, 0.717) is 6.54 Å². The molecule has 1 heterocycles. The summed E-state index contributed by atoms with van der Waals surface area (Å²) in [6.45, 7) is 0.559. The molecule has 0 saturated carbocycles. The summed E-state index contributed by atoms with van der Waals surface area (Å²) in [7, 11) is 0. The Morgan fingerprint density at radius 3 is 2.70 bits per heavy atom. The van der Waals surface area contributed by atoms with Crippen molar-refractivity contribution >= 4 is 5.69 Å². The number of rotatable bonds is 5. The highest BCUT2D eigenvalue weighted by Crippen LogP contribution is 2.34. The minimum absolute atomic E-state index is 0.0363. The Morgan fingerprint density at radius 1 is 1.25 bits per heavy atom. The van der Waals surface area contributed by atoms with Gasteiger partial charge in [-0.05, 0) is 12.1 Å². The molecule has 108 valence electrons. The Kier molecular flexibility index (Phi) is 4.29. The zero-order valence-electron chi connectivity index (χ0n) is 10.6. The first-order valence-electron chi connectivity index (χ1n) is 6.03. The first-order chi connectivity index (χ1) is 9.50. The molecule has 0 unspecified atom stereocenters. The average molecular weight is 285 g/mol. The first kappa shape index (κ1) is 14.4. The third-order valence-corrected chi connectivity index (χ3v) is 2.73. The number of hydrogen-bond donors (Lipinski definition) is 2. The molecule has 0 aliphatic heterocycles. The Balaban J connectivity index is 2.07. The number of para-hydroxylation sites is 1. The van der Waals surface area contributed by atoms with Crippen LogP contribution < -0.4 is 5.32 Å². The predicted molar refractivity (Wildman–Crippen MR) is 68.1 cm³/mol. The Morgan fingerprint density at radius 2 is 2.00 bits per heavy atom. The van der Waals surface area contributed by atoms with Crippen LogP contribution in [0.1, 0.15) is 11.1 Å². The third kappa shape index (κ3) is 3.51. The molecule has 0 aliphatic carbocycles. The molecule has 2 aromatic rings. The summed E-state index contributed by atoms with van der Waals surface area (Å²) in [5.41, 5.74) is 0.0908. The summed E-state index contributed by atoms with van der Waals surface area (Å²) >= 11 is 0. The number of hydrogen-bond acceptors (Lipinski definition) is 3. The van der Waals surface area contributed by atoms with E-state index in [1.807, 2.05) is 0 Å². The lowest BCUT2D eigenvalue weighted by Gasteiger charge is -2.13. The van der Waals surface area contributed by atoms with Crippen molar-refractivity contribution in [3.05, 3.63) is 47.8 Å². The maximum absolute atomic E-state index is 12.8. The van der Waals surface area contributed by atoms with Crippen LogP contribution in [0.5, 0.6) is 0 Å². The number of aromatic nitrogens is 2. The van der Waals surface area contributed by atoms with Crippen molar-refractivity contribution < 1.29 is 18.3 Å². The quantitative estimate of drug-likeness (QED) is 0.887. The van der Waals surface area contributed by atoms with Gasteiger partial charge in [0, 0.05) is 24.0 Å². The molecular weight excluding hydrogens is 271 g/mol. The summed E-state index contributed by atoms with van der Waals surface area (Å²) in [6.07, 6.45) is -1.15. The van der Waals surface area contributed by atoms with Gasteiger partial charge in [0.2, 0.25) is 0 Å². The van der Waals surface area contributed by atoms with Crippen molar-refractivity contribution in [2.45, 2.75) is 19.3 Å². The molecular formula is C13H14F3N3O. The zero-order chi connectivity index (χ0) is 14.6. The third-order valence-electron chi connectivity index (χ3n) is 2.73. The van der Waals surface area contributed by atoms with Crippen LogP contribution in [0.15, 0.2) is 36.7 Å². The van der Waals surface area contributed by atoms with Gasteiger partial charge in [0.15, 0.2) is 0 Å². The van der Waals surface area contributed by atoms with Crippen molar-refractivity contribution in [3.63, 3.8) is 0 Å². The van der Waals surface area contributed by atoms with E-state index in [0.717, 1.165) is 11.6 Å². The van der Waals surface area contributed by atoms with Crippen molar-refractivity contribution in [1.29, 1.82) is 0 Å². The molecule has 4 nitrogen and oxygen atoms in total. The minimum atomic E-state index is -4.38. The second kappa shape index (κ2) is 5.96. The molecule has 7 heteroatoms. The van der Waals surface area contributed by atoms with E-state index in [9.17, 15) is 13.2 Å². The van der Waals surface area contributed by atoms with Gasteiger partial charge in [-0.3, -0.25) is 4.68 Å². The van der Waals surface area contributed by atoms with Gasteiger partial charge in [-0.25, -0.2) is 0 Å². The first-order valence-corrected chi connectivity index (χ1v) is 6.03. The maximum Gasteiger partial charge on any atom is 0.418 e. The molecule has 0 amide bonds. The maximum atomic E-state index is 12.8. The van der Waals surface area contributed by atoms with E-state index in [1.165, 1.54) is 16.8 Å². The number of halogens is 3. The van der Waals surface area contributed by atoms with Crippen LogP contribution in [-0.2, 0) is 19.3 Å². The molecule has 0 atom stereocenters. The lowest BCUT2D eigenvalue weighted by atomic mass is 10.1. The summed E-state index contributed by atoms with van der Waals surface area (Å²) in [5, 5.41) is 15.5. The van der Waals surface area contributed by atoms with Gasteiger partial charge >= 0.3 is 6.18 Å². The minimum Gasteiger partial charge on any atom is -0.394 e. The van der Waals surface area contributed by atoms with Crippen LogP contribution in [0.2, 0.25) is 0 Å². The normalized spacial score (nSPS) is 11.6. The highest BCUT2D eigenvalue weighted by molar-refractivity contribution is 5.52. The SMILES string of the molecule is OCCn1cc(CNc2ccccc2C(F)(F)F)cn1. The summed E-state index contributed by atoms with van der Waals surface area (Å²) in [6, 6.07) is 5.33. The molecule has 1 aromatic heterocycles. The average Bonchev–Trinajstić information content (AvgIpc) is 2.84. The van der Waals surface area contributed by atoms with Gasteiger partial charge < -0.3 is 10.4 Å². The highest BCUT2D eigenvalue weighted by Gasteiger charge is 2.32. The van der Waals surface area contributed by atoms with Gasteiger partial charge in [-0.2, -0.15) is 18.3 Å². The second-order valence-electron chi connectivity index (χ2n) is 4.23. The Labute approximate surface area is 113 Å². The number of nitrogens with one attached hydrogen (secondary N) is 1. The highest BCUT2D eigenvalue weighted by atomic mass is 19.4. The van der Waals surface area contributed by atoms with Crippen LogP contribution in [0, 0.1) is 0 Å². The number of alkyl halides is 3. The second-order valence-corrected chi connectivity index (χ2v) is 4.23. The summed E-state index contributed by atoms with van der Waals surface area (Å²) < 4.78 is 39.9. The largest absolute Gasteiger partial charge is 0.418 e. The van der Waals surface area contributed by atoms with Crippen molar-refractivity contribution in [2.75, 3.05) is 11.9 Å². The van der Waals surface area contributed by atoms with Gasteiger partial charge in [-0.15, -0.1) is 0 Å². The monoisotopic (exact) mass is 285 g/mol. The fourth-order valence-electron chi connectivity index (χ4n) is 1.80. The number of aliphatic hydroxyl groups is 1. The van der Waals surface area contributed by atoms with Crippen molar-refractivity contribution in [3.8, 4) is 0 Å². The number of aliphatic hydroxyl groups excluding tert-OH is 1. The number of anilines is 1. The van der Waals surface area contributed by atoms with Gasteiger partial charge in [0.1, 0.15) is 0 Å². The van der Waals surface area contributed by atoms with E-state index >= 15 is 0 Å². The Hall–Kier alpha value is -2.02. The fourth-order valence-corrected chi connectivity index (χ4v) is 1.80. The van der Waals surface area contributed by atoms with Crippen molar-refractivity contribution in [2.24, 2.45) is 0 Å². The zero-order valence-corrected chi connectivity index (χ0v) is 10.6. The van der Waals surface area contributed by atoms with Crippen LogP contribution in [0.4, 0.5) is 18.9 Å². The van der Waals surface area contributed by atoms with Crippen LogP contribution >= 0.6 is 0 Å². The van der Waals surface area contributed by atoms with E-state index in [4.69, 9.17) is 5.11 Å². The predicted octanol–water partition coefficient (Wildman–Crippen LogP) is 2.51. The summed E-state index contributed by atoms with van der Waals surface area (Å²) in [4.78, 5) is 0. The van der Waals surface area contributed by atoms with Gasteiger partial charge in [-0.1, -0.05) is 12.1 Å². The number of nitrogens with zero attached hydrogens (tertiary/aromatic N) is 2. The van der Waals surface area contributed by atoms with Gasteiger partial charge in [0.05, 0.1) is 24.9 Å². The van der Waals surface area contributed by atoms with Crippen molar-refractivity contribution in [1.82, 2.24) is 9.78 Å². The number of benzene rings is 1. The smallest absolute Gasteiger partial charge is 0.394 e. The van der Waals surface area contributed by atoms with E-state index in [2.05, 4.69) is 10.4 Å². The van der Waals surface area contributed by atoms with Crippen LogP contribution in [0.3, 0.4) is 0 Å².